The maximum absolute atomic E-state index is 10.9. The van der Waals surface area contributed by atoms with Crippen molar-refractivity contribution in [3.63, 3.8) is 0 Å². The molecule has 0 aromatic carbocycles. The molecule has 9 heavy (non-hydrogen) atoms. The van der Waals surface area contributed by atoms with Gasteiger partial charge in [0.1, 0.15) is 0 Å². The minimum Gasteiger partial charge on any atom is -0.278 e. The summed E-state index contributed by atoms with van der Waals surface area (Å²) in [4.78, 5) is 10.9. The van der Waals surface area contributed by atoms with Gasteiger partial charge in [-0.2, -0.15) is 0 Å². The zero-order chi connectivity index (χ0) is 6.85. The molecule has 0 fully saturated rings. The number of aryl methyl sites for hydroxylation is 1. The lowest BCUT2D eigenvalue weighted by molar-refractivity contribution is 1.34. The molecule has 2 heteroatoms. The minimum atomic E-state index is 0.176. The summed E-state index contributed by atoms with van der Waals surface area (Å²) in [5, 5.41) is 1.82. The van der Waals surface area contributed by atoms with Crippen molar-refractivity contribution < 1.29 is 0 Å². The second kappa shape index (κ2) is 2.31. The predicted molar refractivity (Wildman–Crippen MR) is 40.1 cm³/mol. The Morgan fingerprint density at radius 1 is 1.44 bits per heavy atom. The van der Waals surface area contributed by atoms with Gasteiger partial charge in [-0.3, -0.25) is 4.79 Å². The summed E-state index contributed by atoms with van der Waals surface area (Å²) >= 11 is 1.25. The normalized spacial score (nSPS) is 9.56. The molecule has 1 rings (SSSR count). The zero-order valence-corrected chi connectivity index (χ0v) is 6.29. The summed E-state index contributed by atoms with van der Waals surface area (Å²) in [5.41, 5.74) is 1.96. The highest BCUT2D eigenvalue weighted by Crippen LogP contribution is 2.00. The van der Waals surface area contributed by atoms with E-state index in [1.54, 1.807) is 0 Å². The lowest BCUT2D eigenvalue weighted by Crippen LogP contribution is -1.99. The van der Waals surface area contributed by atoms with Crippen molar-refractivity contribution in [2.75, 3.05) is 0 Å². The standard InChI is InChI=1S/C7H8OS/c1-5-3-4-9-7(8)6(5)2/h3-4H,1-2H3. The molecule has 0 unspecified atom stereocenters. The third kappa shape index (κ3) is 1.19. The highest BCUT2D eigenvalue weighted by Gasteiger charge is 1.93. The van der Waals surface area contributed by atoms with Gasteiger partial charge in [0.05, 0.1) is 0 Å². The van der Waals surface area contributed by atoms with E-state index in [1.165, 1.54) is 11.3 Å². The van der Waals surface area contributed by atoms with E-state index in [2.05, 4.69) is 0 Å². The molecule has 0 saturated heterocycles. The fourth-order valence-electron chi connectivity index (χ4n) is 0.572. The van der Waals surface area contributed by atoms with E-state index in [1.807, 2.05) is 25.3 Å². The molecular weight excluding hydrogens is 132 g/mol. The highest BCUT2D eigenvalue weighted by atomic mass is 32.1. The quantitative estimate of drug-likeness (QED) is 0.536. The first-order valence-electron chi connectivity index (χ1n) is 2.77. The Labute approximate surface area is 58.0 Å². The molecule has 0 aliphatic heterocycles. The Morgan fingerprint density at radius 3 is 2.56 bits per heavy atom. The highest BCUT2D eigenvalue weighted by molar-refractivity contribution is 7.07. The van der Waals surface area contributed by atoms with Gasteiger partial charge in [-0.15, -0.1) is 11.3 Å². The van der Waals surface area contributed by atoms with Crippen LogP contribution < -0.4 is 4.74 Å². The Bertz CT molecular complexity index is 262. The van der Waals surface area contributed by atoms with Crippen LogP contribution in [0.15, 0.2) is 16.2 Å². The van der Waals surface area contributed by atoms with Gasteiger partial charge in [-0.25, -0.2) is 0 Å². The minimum absolute atomic E-state index is 0.176. The van der Waals surface area contributed by atoms with E-state index in [0.717, 1.165) is 11.1 Å². The summed E-state index contributed by atoms with van der Waals surface area (Å²) in [6.07, 6.45) is 0. The van der Waals surface area contributed by atoms with Gasteiger partial charge >= 0.3 is 0 Å². The van der Waals surface area contributed by atoms with Crippen LogP contribution in [0.4, 0.5) is 0 Å². The van der Waals surface area contributed by atoms with Crippen LogP contribution in [0, 0.1) is 13.8 Å². The molecule has 0 bridgehead atoms. The van der Waals surface area contributed by atoms with Gasteiger partial charge in [0.15, 0.2) is 0 Å². The molecule has 1 heterocycles. The molecule has 1 nitrogen and oxygen atoms in total. The fraction of sp³-hybridized carbons (Fsp3) is 0.286. The molecule has 1 aromatic heterocycles. The van der Waals surface area contributed by atoms with Gasteiger partial charge in [-0.1, -0.05) is 0 Å². The molecule has 1 aromatic rings. The van der Waals surface area contributed by atoms with Crippen LogP contribution in [0.1, 0.15) is 11.1 Å². The third-order valence-electron chi connectivity index (χ3n) is 1.39. The van der Waals surface area contributed by atoms with Crippen molar-refractivity contribution in [2.24, 2.45) is 0 Å². The molecule has 0 radical (unpaired) electrons. The topological polar surface area (TPSA) is 17.1 Å². The monoisotopic (exact) mass is 140 g/mol. The van der Waals surface area contributed by atoms with E-state index >= 15 is 0 Å². The first-order chi connectivity index (χ1) is 4.22. The van der Waals surface area contributed by atoms with Crippen LogP contribution in [-0.2, 0) is 0 Å². The van der Waals surface area contributed by atoms with E-state index < -0.39 is 0 Å². The van der Waals surface area contributed by atoms with Crippen LogP contribution in [0.3, 0.4) is 0 Å². The Kier molecular flexibility index (Phi) is 1.67. The van der Waals surface area contributed by atoms with Gasteiger partial charge in [0.25, 0.3) is 0 Å². The second-order valence-corrected chi connectivity index (χ2v) is 2.89. The average Bonchev–Trinajstić information content (AvgIpc) is 1.83. The summed E-state index contributed by atoms with van der Waals surface area (Å²) in [6, 6.07) is 1.96. The molecule has 0 aliphatic rings. The van der Waals surface area contributed by atoms with Gasteiger partial charge < -0.3 is 0 Å². The molecule has 0 spiro atoms. The zero-order valence-electron chi connectivity index (χ0n) is 5.47. The Hall–Kier alpha value is -0.630. The van der Waals surface area contributed by atoms with E-state index in [4.69, 9.17) is 0 Å². The first kappa shape index (κ1) is 6.49. The summed E-state index contributed by atoms with van der Waals surface area (Å²) in [5.74, 6) is 0. The van der Waals surface area contributed by atoms with Crippen molar-refractivity contribution in [3.05, 3.63) is 32.1 Å². The van der Waals surface area contributed by atoms with Crippen LogP contribution >= 0.6 is 11.3 Å². The predicted octanol–water partition coefficient (Wildman–Crippen LogP) is 1.73. The molecule has 0 aliphatic carbocycles. The van der Waals surface area contributed by atoms with Crippen molar-refractivity contribution >= 4 is 11.3 Å². The molecule has 0 saturated carbocycles. The van der Waals surface area contributed by atoms with E-state index in [0.29, 0.717) is 0 Å². The van der Waals surface area contributed by atoms with Gasteiger partial charge in [-0.05, 0) is 30.9 Å². The molecule has 0 amide bonds. The van der Waals surface area contributed by atoms with Crippen LogP contribution in [0.5, 0.6) is 0 Å². The second-order valence-electron chi connectivity index (χ2n) is 2.02. The third-order valence-corrected chi connectivity index (χ3v) is 2.18. The molecular formula is C7H8OS. The Balaban J connectivity index is 3.43. The van der Waals surface area contributed by atoms with Crippen molar-refractivity contribution in [2.45, 2.75) is 13.8 Å². The van der Waals surface area contributed by atoms with Crippen molar-refractivity contribution in [1.29, 1.82) is 0 Å². The fourth-order valence-corrected chi connectivity index (χ4v) is 1.31. The van der Waals surface area contributed by atoms with Gasteiger partial charge in [0.2, 0.25) is 4.74 Å². The summed E-state index contributed by atoms with van der Waals surface area (Å²) in [6.45, 7) is 3.80. The summed E-state index contributed by atoms with van der Waals surface area (Å²) in [7, 11) is 0. The van der Waals surface area contributed by atoms with E-state index in [9.17, 15) is 4.79 Å². The molecule has 48 valence electrons. The summed E-state index contributed by atoms with van der Waals surface area (Å²) < 4.78 is 0.176. The van der Waals surface area contributed by atoms with Crippen molar-refractivity contribution in [1.82, 2.24) is 0 Å². The Morgan fingerprint density at radius 2 is 2.11 bits per heavy atom. The lowest BCUT2D eigenvalue weighted by atomic mass is 10.2. The number of hydrogen-bond acceptors (Lipinski definition) is 2. The first-order valence-corrected chi connectivity index (χ1v) is 3.65. The molecule has 0 N–H and O–H groups in total. The number of hydrogen-bond donors (Lipinski definition) is 0. The number of rotatable bonds is 0. The molecule has 0 atom stereocenters. The van der Waals surface area contributed by atoms with Crippen LogP contribution in [0.2, 0.25) is 0 Å². The van der Waals surface area contributed by atoms with Gasteiger partial charge in [0, 0.05) is 5.56 Å². The van der Waals surface area contributed by atoms with E-state index in [-0.39, 0.29) is 4.74 Å². The van der Waals surface area contributed by atoms with Crippen LogP contribution in [-0.4, -0.2) is 0 Å². The average molecular weight is 140 g/mol. The van der Waals surface area contributed by atoms with Crippen molar-refractivity contribution in [3.8, 4) is 0 Å². The van der Waals surface area contributed by atoms with Crippen LogP contribution in [0.25, 0.3) is 0 Å². The maximum atomic E-state index is 10.9. The lowest BCUT2D eigenvalue weighted by Gasteiger charge is -1.91. The largest absolute Gasteiger partial charge is 0.278 e. The SMILES string of the molecule is Cc1ccsc(=O)c1C. The smallest absolute Gasteiger partial charge is 0.235 e. The maximum Gasteiger partial charge on any atom is 0.235 e.